The van der Waals surface area contributed by atoms with Crippen LogP contribution < -0.4 is 21.5 Å². The van der Waals surface area contributed by atoms with Crippen LogP contribution in [0.2, 0.25) is 0 Å². The molecule has 7 heteroatoms. The molecule has 0 radical (unpaired) electrons. The van der Waals surface area contributed by atoms with Gasteiger partial charge in [-0.1, -0.05) is 12.5 Å². The van der Waals surface area contributed by atoms with Gasteiger partial charge in [0.2, 0.25) is 18.2 Å². The number of nitrogens with two attached hydrogens (primary N) is 2. The van der Waals surface area contributed by atoms with E-state index in [-0.39, 0.29) is 25.0 Å². The van der Waals surface area contributed by atoms with Crippen LogP contribution in [0.5, 0.6) is 5.75 Å². The van der Waals surface area contributed by atoms with E-state index in [1.807, 2.05) is 25.1 Å². The molecule has 0 aromatic heterocycles. The van der Waals surface area contributed by atoms with Gasteiger partial charge in [-0.05, 0) is 55.9 Å². The number of primary amides is 2. The molecule has 1 aromatic rings. The summed E-state index contributed by atoms with van der Waals surface area (Å²) in [4.78, 5) is 32.3. The summed E-state index contributed by atoms with van der Waals surface area (Å²) >= 11 is 0. The average molecular weight is 363 g/mol. The van der Waals surface area contributed by atoms with Gasteiger partial charge < -0.3 is 21.5 Å². The van der Waals surface area contributed by atoms with Crippen LogP contribution in [0, 0.1) is 6.92 Å². The molecular weight excluding hydrogens is 334 g/mol. The minimum Gasteiger partial charge on any atom is -0.491 e. The molecule has 5 N–H and O–H groups in total. The van der Waals surface area contributed by atoms with Crippen LogP contribution in [0.15, 0.2) is 18.2 Å². The molecule has 0 bridgehead atoms. The molecule has 0 saturated carbocycles. The van der Waals surface area contributed by atoms with Gasteiger partial charge in [0.15, 0.2) is 0 Å². The van der Waals surface area contributed by atoms with E-state index in [9.17, 15) is 14.4 Å². The Hall–Kier alpha value is -2.57. The first-order valence-electron chi connectivity index (χ1n) is 8.91. The Morgan fingerprint density at radius 2 is 1.88 bits per heavy atom. The Labute approximate surface area is 154 Å². The average Bonchev–Trinajstić information content (AvgIpc) is 2.58. The molecule has 26 heavy (non-hydrogen) atoms. The van der Waals surface area contributed by atoms with Crippen molar-refractivity contribution in [3.63, 3.8) is 0 Å². The van der Waals surface area contributed by atoms with E-state index in [1.54, 1.807) is 0 Å². The van der Waals surface area contributed by atoms with Gasteiger partial charge in [0.1, 0.15) is 12.4 Å². The summed E-state index contributed by atoms with van der Waals surface area (Å²) in [5.41, 5.74) is 12.7. The maximum absolute atomic E-state index is 10.9. The first kappa shape index (κ1) is 21.5. The molecule has 0 aliphatic carbocycles. The summed E-state index contributed by atoms with van der Waals surface area (Å²) in [6.07, 6.45) is 5.30. The number of ether oxygens (including phenoxy) is 1. The van der Waals surface area contributed by atoms with Crippen LogP contribution in [0.4, 0.5) is 0 Å². The fourth-order valence-corrected chi connectivity index (χ4v) is 2.62. The lowest BCUT2D eigenvalue weighted by Gasteiger charge is -2.17. The van der Waals surface area contributed by atoms with E-state index in [4.69, 9.17) is 16.2 Å². The lowest BCUT2D eigenvalue weighted by molar-refractivity contribution is -0.119. The smallest absolute Gasteiger partial charge is 0.217 e. The molecule has 0 fully saturated rings. The Morgan fingerprint density at radius 3 is 2.54 bits per heavy atom. The molecule has 3 amide bonds. The Kier molecular flexibility index (Phi) is 9.82. The van der Waals surface area contributed by atoms with Gasteiger partial charge >= 0.3 is 0 Å². The zero-order chi connectivity index (χ0) is 19.4. The molecule has 0 unspecified atom stereocenters. The summed E-state index contributed by atoms with van der Waals surface area (Å²) in [5.74, 6) is 0.0579. The second-order valence-electron chi connectivity index (χ2n) is 6.41. The van der Waals surface area contributed by atoms with Gasteiger partial charge in [-0.2, -0.15) is 0 Å². The van der Waals surface area contributed by atoms with Crippen LogP contribution in [0.25, 0.3) is 0 Å². The SMILES string of the molecule is Cc1ccc(OC[C@H](CCC(N)=O)NC=O)cc1CCCCCC(N)=O. The molecule has 0 saturated heterocycles. The number of carbonyl (C=O) groups is 3. The van der Waals surface area contributed by atoms with Crippen LogP contribution in [0.1, 0.15) is 49.7 Å². The number of carbonyl (C=O) groups excluding carboxylic acids is 3. The van der Waals surface area contributed by atoms with Gasteiger partial charge in [-0.3, -0.25) is 14.4 Å². The number of benzene rings is 1. The minimum absolute atomic E-state index is 0.194. The third-order valence-corrected chi connectivity index (χ3v) is 4.18. The van der Waals surface area contributed by atoms with Crippen LogP contribution in [-0.4, -0.2) is 30.9 Å². The highest BCUT2D eigenvalue weighted by Gasteiger charge is 2.11. The summed E-state index contributed by atoms with van der Waals surface area (Å²) < 4.78 is 5.77. The van der Waals surface area contributed by atoms with Crippen molar-refractivity contribution in [3.8, 4) is 5.75 Å². The van der Waals surface area contributed by atoms with Gasteiger partial charge in [-0.25, -0.2) is 0 Å². The molecular formula is C19H29N3O4. The monoisotopic (exact) mass is 363 g/mol. The second-order valence-corrected chi connectivity index (χ2v) is 6.41. The van der Waals surface area contributed by atoms with Crippen molar-refractivity contribution >= 4 is 18.2 Å². The van der Waals surface area contributed by atoms with Crippen LogP contribution in [0.3, 0.4) is 0 Å². The number of nitrogens with one attached hydrogen (secondary N) is 1. The maximum atomic E-state index is 10.9. The van der Waals surface area contributed by atoms with Crippen molar-refractivity contribution in [3.05, 3.63) is 29.3 Å². The summed E-state index contributed by atoms with van der Waals surface area (Å²) in [7, 11) is 0. The second kappa shape index (κ2) is 11.9. The highest BCUT2D eigenvalue weighted by molar-refractivity contribution is 5.74. The number of rotatable bonds is 14. The number of hydrogen-bond donors (Lipinski definition) is 3. The Morgan fingerprint density at radius 1 is 1.15 bits per heavy atom. The van der Waals surface area contributed by atoms with E-state index in [2.05, 4.69) is 5.32 Å². The number of unbranched alkanes of at least 4 members (excludes halogenated alkanes) is 2. The third kappa shape index (κ3) is 9.05. The van der Waals surface area contributed by atoms with Crippen molar-refractivity contribution in [2.45, 2.75) is 57.9 Å². The summed E-state index contributed by atoms with van der Waals surface area (Å²) in [6.45, 7) is 2.32. The normalized spacial score (nSPS) is 11.6. The topological polar surface area (TPSA) is 125 Å². The molecule has 1 aromatic carbocycles. The number of amides is 3. The van der Waals surface area contributed by atoms with Gasteiger partial charge in [0.25, 0.3) is 0 Å². The lowest BCUT2D eigenvalue weighted by atomic mass is 10.0. The summed E-state index contributed by atoms with van der Waals surface area (Å²) in [6, 6.07) is 5.62. The van der Waals surface area contributed by atoms with Crippen molar-refractivity contribution in [1.29, 1.82) is 0 Å². The highest BCUT2D eigenvalue weighted by atomic mass is 16.5. The first-order chi connectivity index (χ1) is 12.4. The first-order valence-corrected chi connectivity index (χ1v) is 8.91. The summed E-state index contributed by atoms with van der Waals surface area (Å²) in [5, 5.41) is 2.64. The fourth-order valence-electron chi connectivity index (χ4n) is 2.62. The van der Waals surface area contributed by atoms with E-state index >= 15 is 0 Å². The standard InChI is InChI=1S/C19H29N3O4/c1-14-7-9-17(11-15(14)5-3-2-4-6-18(20)24)26-12-16(22-13-23)8-10-19(21)25/h7,9,11,13,16H,2-6,8,10,12H2,1H3,(H2,20,24)(H2,21,25)(H,22,23)/t16-/m0/s1. The Balaban J connectivity index is 2.52. The maximum Gasteiger partial charge on any atom is 0.217 e. The van der Waals surface area contributed by atoms with Crippen LogP contribution >= 0.6 is 0 Å². The molecule has 0 heterocycles. The quantitative estimate of drug-likeness (QED) is 0.341. The van der Waals surface area contributed by atoms with Gasteiger partial charge in [-0.15, -0.1) is 0 Å². The van der Waals surface area contributed by atoms with E-state index < -0.39 is 5.91 Å². The molecule has 7 nitrogen and oxygen atoms in total. The molecule has 1 rings (SSSR count). The Bertz CT molecular complexity index is 604. The minimum atomic E-state index is -0.406. The zero-order valence-corrected chi connectivity index (χ0v) is 15.3. The van der Waals surface area contributed by atoms with Gasteiger partial charge in [0, 0.05) is 12.8 Å². The fraction of sp³-hybridized carbons (Fsp3) is 0.526. The molecule has 0 aliphatic heterocycles. The number of hydrogen-bond acceptors (Lipinski definition) is 4. The molecule has 144 valence electrons. The lowest BCUT2D eigenvalue weighted by Crippen LogP contribution is -2.34. The molecule has 1 atom stereocenters. The largest absolute Gasteiger partial charge is 0.491 e. The third-order valence-electron chi connectivity index (χ3n) is 4.18. The van der Waals surface area contributed by atoms with E-state index in [0.29, 0.717) is 19.3 Å². The van der Waals surface area contributed by atoms with Crippen molar-refractivity contribution < 1.29 is 19.1 Å². The predicted octanol–water partition coefficient (Wildman–Crippen LogP) is 1.34. The zero-order valence-electron chi connectivity index (χ0n) is 15.3. The molecule has 0 spiro atoms. The number of aryl methyl sites for hydroxylation is 2. The van der Waals surface area contributed by atoms with E-state index in [0.717, 1.165) is 31.4 Å². The van der Waals surface area contributed by atoms with Crippen molar-refractivity contribution in [2.75, 3.05) is 6.61 Å². The van der Waals surface area contributed by atoms with Gasteiger partial charge in [0.05, 0.1) is 6.04 Å². The highest BCUT2D eigenvalue weighted by Crippen LogP contribution is 2.20. The van der Waals surface area contributed by atoms with E-state index in [1.165, 1.54) is 11.1 Å². The predicted molar refractivity (Wildman–Crippen MR) is 99.5 cm³/mol. The van der Waals surface area contributed by atoms with Crippen LogP contribution in [-0.2, 0) is 20.8 Å². The van der Waals surface area contributed by atoms with Crippen molar-refractivity contribution in [2.24, 2.45) is 11.5 Å². The van der Waals surface area contributed by atoms with Crippen molar-refractivity contribution in [1.82, 2.24) is 5.32 Å². The molecule has 0 aliphatic rings.